The average Bonchev–Trinajstić information content (AvgIpc) is 3.01. The molecule has 3 N–H and O–H groups in total. The SMILES string of the molecule is COc1ccccc1CN=C(N)Nc1ccc2c(c1)CCC2.I. The van der Waals surface area contributed by atoms with Gasteiger partial charge in [0, 0.05) is 11.3 Å². The third kappa shape index (κ3) is 4.37. The molecular weight excluding hydrogens is 401 g/mol. The van der Waals surface area contributed by atoms with Crippen molar-refractivity contribution in [2.75, 3.05) is 12.4 Å². The van der Waals surface area contributed by atoms with Crippen LogP contribution in [0.1, 0.15) is 23.1 Å². The standard InChI is InChI=1S/C18H21N3O.HI/c1-22-17-8-3-2-5-15(17)12-20-18(19)21-16-10-9-13-6-4-7-14(13)11-16;/h2-3,5,8-11H,4,6-7,12H2,1H3,(H3,19,20,21);1H. The van der Waals surface area contributed by atoms with Crippen LogP contribution in [0.5, 0.6) is 5.75 Å². The third-order valence-electron chi connectivity index (χ3n) is 3.98. The summed E-state index contributed by atoms with van der Waals surface area (Å²) in [6.07, 6.45) is 3.59. The summed E-state index contributed by atoms with van der Waals surface area (Å²) in [5.74, 6) is 1.25. The van der Waals surface area contributed by atoms with E-state index in [9.17, 15) is 0 Å². The maximum atomic E-state index is 5.99. The second-order valence-electron chi connectivity index (χ2n) is 5.48. The highest BCUT2D eigenvalue weighted by Crippen LogP contribution is 2.24. The van der Waals surface area contributed by atoms with Crippen molar-refractivity contribution >= 4 is 35.6 Å². The van der Waals surface area contributed by atoms with E-state index in [1.807, 2.05) is 24.3 Å². The lowest BCUT2D eigenvalue weighted by molar-refractivity contribution is 0.410. The third-order valence-corrected chi connectivity index (χ3v) is 3.98. The van der Waals surface area contributed by atoms with Crippen LogP contribution in [0.15, 0.2) is 47.5 Å². The Hall–Kier alpha value is -1.76. The second kappa shape index (κ2) is 8.19. The van der Waals surface area contributed by atoms with E-state index in [0.29, 0.717) is 12.5 Å². The van der Waals surface area contributed by atoms with Crippen LogP contribution in [0.3, 0.4) is 0 Å². The molecule has 0 fully saturated rings. The molecule has 23 heavy (non-hydrogen) atoms. The molecule has 0 bridgehead atoms. The lowest BCUT2D eigenvalue weighted by atomic mass is 10.1. The summed E-state index contributed by atoms with van der Waals surface area (Å²) >= 11 is 0. The minimum atomic E-state index is 0. The summed E-state index contributed by atoms with van der Waals surface area (Å²) in [5.41, 5.74) is 10.9. The number of hydrogen-bond donors (Lipinski definition) is 2. The van der Waals surface area contributed by atoms with E-state index in [2.05, 4.69) is 28.5 Å². The van der Waals surface area contributed by atoms with Crippen LogP contribution >= 0.6 is 24.0 Å². The van der Waals surface area contributed by atoms with Gasteiger partial charge in [-0.3, -0.25) is 0 Å². The van der Waals surface area contributed by atoms with Crippen molar-refractivity contribution in [1.29, 1.82) is 0 Å². The summed E-state index contributed by atoms with van der Waals surface area (Å²) in [6, 6.07) is 14.2. The normalized spacial score (nSPS) is 13.2. The number of benzene rings is 2. The molecule has 4 nitrogen and oxygen atoms in total. The molecule has 0 saturated carbocycles. The first kappa shape index (κ1) is 17.6. The average molecular weight is 423 g/mol. The number of fused-ring (bicyclic) bond motifs is 1. The number of aliphatic imine (C=N–C) groups is 1. The van der Waals surface area contributed by atoms with Gasteiger partial charge in [-0.2, -0.15) is 0 Å². The number of nitrogens with one attached hydrogen (secondary N) is 1. The molecule has 3 rings (SSSR count). The van der Waals surface area contributed by atoms with Crippen molar-refractivity contribution in [3.05, 3.63) is 59.2 Å². The predicted molar refractivity (Wildman–Crippen MR) is 106 cm³/mol. The predicted octanol–water partition coefficient (Wildman–Crippen LogP) is 3.73. The number of nitrogens with two attached hydrogens (primary N) is 1. The fourth-order valence-electron chi connectivity index (χ4n) is 2.84. The zero-order chi connectivity index (χ0) is 15.4. The van der Waals surface area contributed by atoms with Crippen molar-refractivity contribution < 1.29 is 4.74 Å². The number of guanidine groups is 1. The van der Waals surface area contributed by atoms with Crippen LogP contribution in [-0.4, -0.2) is 13.1 Å². The van der Waals surface area contributed by atoms with Crippen molar-refractivity contribution in [3.63, 3.8) is 0 Å². The minimum absolute atomic E-state index is 0. The molecule has 0 amide bonds. The highest BCUT2D eigenvalue weighted by atomic mass is 127. The molecule has 2 aromatic carbocycles. The monoisotopic (exact) mass is 423 g/mol. The first-order chi connectivity index (χ1) is 10.8. The zero-order valence-electron chi connectivity index (χ0n) is 13.2. The van der Waals surface area contributed by atoms with Gasteiger partial charge in [0.2, 0.25) is 0 Å². The molecule has 1 aliphatic carbocycles. The van der Waals surface area contributed by atoms with Gasteiger partial charge in [-0.1, -0.05) is 24.3 Å². The lowest BCUT2D eigenvalue weighted by Gasteiger charge is -2.09. The van der Waals surface area contributed by atoms with E-state index < -0.39 is 0 Å². The van der Waals surface area contributed by atoms with Crippen LogP contribution in [0.25, 0.3) is 0 Å². The quantitative estimate of drug-likeness (QED) is 0.448. The van der Waals surface area contributed by atoms with Crippen LogP contribution < -0.4 is 15.8 Å². The van der Waals surface area contributed by atoms with E-state index in [1.54, 1.807) is 7.11 Å². The molecule has 122 valence electrons. The first-order valence-corrected chi connectivity index (χ1v) is 7.57. The molecule has 5 heteroatoms. The molecule has 0 radical (unpaired) electrons. The number of hydrogen-bond acceptors (Lipinski definition) is 2. The van der Waals surface area contributed by atoms with E-state index in [0.717, 1.165) is 23.4 Å². The van der Waals surface area contributed by atoms with Gasteiger partial charge in [0.1, 0.15) is 5.75 Å². The first-order valence-electron chi connectivity index (χ1n) is 7.57. The number of nitrogens with zero attached hydrogens (tertiary/aromatic N) is 1. The molecule has 0 spiro atoms. The summed E-state index contributed by atoms with van der Waals surface area (Å²) < 4.78 is 5.32. The summed E-state index contributed by atoms with van der Waals surface area (Å²) in [6.45, 7) is 0.494. The van der Waals surface area contributed by atoms with Gasteiger partial charge < -0.3 is 15.8 Å². The molecule has 0 saturated heterocycles. The Bertz CT molecular complexity index is 700. The summed E-state index contributed by atoms with van der Waals surface area (Å²) in [4.78, 5) is 4.40. The minimum Gasteiger partial charge on any atom is -0.496 e. The smallest absolute Gasteiger partial charge is 0.193 e. The maximum absolute atomic E-state index is 5.99. The van der Waals surface area contributed by atoms with Crippen molar-refractivity contribution in [2.45, 2.75) is 25.8 Å². The highest BCUT2D eigenvalue weighted by Gasteiger charge is 2.10. The fraction of sp³-hybridized carbons (Fsp3) is 0.278. The molecule has 0 aliphatic heterocycles. The van der Waals surface area contributed by atoms with Gasteiger partial charge in [0.05, 0.1) is 13.7 Å². The zero-order valence-corrected chi connectivity index (χ0v) is 15.5. The van der Waals surface area contributed by atoms with Gasteiger partial charge in [-0.25, -0.2) is 4.99 Å². The van der Waals surface area contributed by atoms with Gasteiger partial charge in [0.15, 0.2) is 5.96 Å². The maximum Gasteiger partial charge on any atom is 0.193 e. The van der Waals surface area contributed by atoms with Gasteiger partial charge in [-0.05, 0) is 48.6 Å². The molecule has 0 unspecified atom stereocenters. The Kier molecular flexibility index (Phi) is 6.27. The van der Waals surface area contributed by atoms with E-state index in [1.165, 1.54) is 24.0 Å². The molecule has 0 atom stereocenters. The van der Waals surface area contributed by atoms with Crippen molar-refractivity contribution in [2.24, 2.45) is 10.7 Å². The number of anilines is 1. The fourth-order valence-corrected chi connectivity index (χ4v) is 2.84. The molecule has 0 aromatic heterocycles. The lowest BCUT2D eigenvalue weighted by Crippen LogP contribution is -2.22. The topological polar surface area (TPSA) is 59.6 Å². The molecule has 0 heterocycles. The molecular formula is C18H22IN3O. The Morgan fingerprint density at radius 2 is 1.96 bits per heavy atom. The largest absolute Gasteiger partial charge is 0.496 e. The molecule has 1 aliphatic rings. The number of methoxy groups -OCH3 is 1. The van der Waals surface area contributed by atoms with Crippen LogP contribution in [-0.2, 0) is 19.4 Å². The van der Waals surface area contributed by atoms with Gasteiger partial charge >= 0.3 is 0 Å². The molecule has 2 aromatic rings. The van der Waals surface area contributed by atoms with Crippen LogP contribution in [0.4, 0.5) is 5.69 Å². The van der Waals surface area contributed by atoms with Crippen molar-refractivity contribution in [3.8, 4) is 5.75 Å². The Morgan fingerprint density at radius 3 is 2.78 bits per heavy atom. The summed E-state index contributed by atoms with van der Waals surface area (Å²) in [5, 5.41) is 3.17. The highest BCUT2D eigenvalue weighted by molar-refractivity contribution is 14.0. The number of rotatable bonds is 4. The van der Waals surface area contributed by atoms with E-state index in [4.69, 9.17) is 10.5 Å². The van der Waals surface area contributed by atoms with Crippen molar-refractivity contribution in [1.82, 2.24) is 0 Å². The Labute approximate surface area is 154 Å². The Balaban J connectivity index is 0.00000192. The van der Waals surface area contributed by atoms with Gasteiger partial charge in [0.25, 0.3) is 0 Å². The number of halogens is 1. The second-order valence-corrected chi connectivity index (χ2v) is 5.48. The van der Waals surface area contributed by atoms with Crippen LogP contribution in [0, 0.1) is 0 Å². The van der Waals surface area contributed by atoms with Gasteiger partial charge in [-0.15, -0.1) is 24.0 Å². The van der Waals surface area contributed by atoms with E-state index in [-0.39, 0.29) is 24.0 Å². The number of para-hydroxylation sites is 1. The van der Waals surface area contributed by atoms with Crippen LogP contribution in [0.2, 0.25) is 0 Å². The number of aryl methyl sites for hydroxylation is 2. The van der Waals surface area contributed by atoms with E-state index >= 15 is 0 Å². The Morgan fingerprint density at radius 1 is 1.17 bits per heavy atom. The summed E-state index contributed by atoms with van der Waals surface area (Å²) in [7, 11) is 1.66. The number of ether oxygens (including phenoxy) is 1.